The molecule has 1 aliphatic heterocycles. The number of carboxylic acid groups (broad SMARTS) is 1. The van der Waals surface area contributed by atoms with Gasteiger partial charge in [0.2, 0.25) is 5.91 Å². The molecule has 2 atom stereocenters. The highest BCUT2D eigenvalue weighted by molar-refractivity contribution is 6.24. The van der Waals surface area contributed by atoms with Crippen LogP contribution < -0.4 is 10.4 Å². The number of rotatable bonds is 4. The standard InChI is InChI=1S/C22H20N2O5/c1-12(21(27)24-11-5-10-17(24)22(28)29)23-20(26)16-9-4-8-15-18(16)13-6-2-3-7-14(13)19(15)25/h2-4,6-9,12,17H,5,10-11H2,1H3,(H,23,26)(H,28,29)/p-1/t12-,17-/m0/s1. The first-order chi connectivity index (χ1) is 13.9. The lowest BCUT2D eigenvalue weighted by atomic mass is 9.98. The van der Waals surface area contributed by atoms with Crippen LogP contribution in [0.25, 0.3) is 11.1 Å². The van der Waals surface area contributed by atoms with E-state index in [0.29, 0.717) is 47.2 Å². The minimum Gasteiger partial charge on any atom is -0.548 e. The zero-order valence-corrected chi connectivity index (χ0v) is 15.8. The van der Waals surface area contributed by atoms with Crippen LogP contribution in [0.3, 0.4) is 0 Å². The maximum Gasteiger partial charge on any atom is 0.252 e. The van der Waals surface area contributed by atoms with Gasteiger partial charge in [-0.05, 0) is 31.4 Å². The molecule has 0 spiro atoms. The fourth-order valence-electron chi connectivity index (χ4n) is 4.13. The molecule has 0 bridgehead atoms. The summed E-state index contributed by atoms with van der Waals surface area (Å²) >= 11 is 0. The van der Waals surface area contributed by atoms with Crippen molar-refractivity contribution in [3.63, 3.8) is 0 Å². The van der Waals surface area contributed by atoms with E-state index in [4.69, 9.17) is 0 Å². The fraction of sp³-hybridized carbons (Fsp3) is 0.273. The third kappa shape index (κ3) is 3.08. The van der Waals surface area contributed by atoms with Crippen molar-refractivity contribution in [3.8, 4) is 11.1 Å². The van der Waals surface area contributed by atoms with Crippen molar-refractivity contribution < 1.29 is 24.3 Å². The lowest BCUT2D eigenvalue weighted by molar-refractivity contribution is -0.310. The average molecular weight is 391 g/mol. The lowest BCUT2D eigenvalue weighted by Gasteiger charge is -2.28. The molecule has 4 rings (SSSR count). The minimum absolute atomic E-state index is 0.136. The van der Waals surface area contributed by atoms with Gasteiger partial charge in [-0.3, -0.25) is 14.4 Å². The number of nitrogens with zero attached hydrogens (tertiary/aromatic N) is 1. The Kier molecular flexibility index (Phi) is 4.66. The van der Waals surface area contributed by atoms with Crippen LogP contribution in [0.1, 0.15) is 46.0 Å². The van der Waals surface area contributed by atoms with Crippen LogP contribution in [0, 0.1) is 0 Å². The van der Waals surface area contributed by atoms with E-state index in [1.807, 2.05) is 0 Å². The van der Waals surface area contributed by atoms with Crippen molar-refractivity contribution >= 4 is 23.6 Å². The first kappa shape index (κ1) is 18.9. The van der Waals surface area contributed by atoms with Crippen molar-refractivity contribution in [2.45, 2.75) is 31.8 Å². The van der Waals surface area contributed by atoms with Gasteiger partial charge in [0.1, 0.15) is 6.04 Å². The van der Waals surface area contributed by atoms with E-state index in [1.165, 1.54) is 11.8 Å². The maximum absolute atomic E-state index is 12.9. The molecule has 148 valence electrons. The van der Waals surface area contributed by atoms with Gasteiger partial charge in [-0.15, -0.1) is 0 Å². The molecule has 0 aromatic heterocycles. The number of ketones is 1. The Labute approximate surface area is 167 Å². The zero-order chi connectivity index (χ0) is 20.7. The SMILES string of the molecule is C[C@H](NC(=O)c1cccc2c1-c1ccccc1C2=O)C(=O)N1CCC[C@H]1C(=O)[O-]. The molecule has 7 heteroatoms. The van der Waals surface area contributed by atoms with Crippen LogP contribution in [-0.2, 0) is 9.59 Å². The summed E-state index contributed by atoms with van der Waals surface area (Å²) in [5, 5.41) is 13.9. The van der Waals surface area contributed by atoms with Crippen LogP contribution in [0.15, 0.2) is 42.5 Å². The maximum atomic E-state index is 12.9. The van der Waals surface area contributed by atoms with Crippen LogP contribution >= 0.6 is 0 Å². The molecule has 0 unspecified atom stereocenters. The first-order valence-corrected chi connectivity index (χ1v) is 9.49. The summed E-state index contributed by atoms with van der Waals surface area (Å²) in [5.74, 6) is -2.38. The largest absolute Gasteiger partial charge is 0.548 e. The number of fused-ring (bicyclic) bond motifs is 3. The summed E-state index contributed by atoms with van der Waals surface area (Å²) in [6.45, 7) is 1.84. The number of amides is 2. The molecule has 1 saturated heterocycles. The number of likely N-dealkylation sites (tertiary alicyclic amines) is 1. The predicted octanol–water partition coefficient (Wildman–Crippen LogP) is 0.757. The third-order valence-corrected chi connectivity index (χ3v) is 5.52. The average Bonchev–Trinajstić information content (AvgIpc) is 3.32. The van der Waals surface area contributed by atoms with E-state index >= 15 is 0 Å². The van der Waals surface area contributed by atoms with E-state index < -0.39 is 29.9 Å². The van der Waals surface area contributed by atoms with Crippen molar-refractivity contribution in [2.75, 3.05) is 6.54 Å². The molecule has 2 aliphatic rings. The predicted molar refractivity (Wildman–Crippen MR) is 102 cm³/mol. The highest BCUT2D eigenvalue weighted by atomic mass is 16.4. The fourth-order valence-corrected chi connectivity index (χ4v) is 4.13. The minimum atomic E-state index is -1.29. The number of hydrogen-bond donors (Lipinski definition) is 1. The second-order valence-corrected chi connectivity index (χ2v) is 7.31. The van der Waals surface area contributed by atoms with Gasteiger partial charge in [0, 0.05) is 28.8 Å². The molecule has 2 amide bonds. The normalized spacial score (nSPS) is 18.2. The first-order valence-electron chi connectivity index (χ1n) is 9.49. The monoisotopic (exact) mass is 391 g/mol. The Hall–Kier alpha value is -3.48. The summed E-state index contributed by atoms with van der Waals surface area (Å²) < 4.78 is 0. The van der Waals surface area contributed by atoms with Gasteiger partial charge in [0.15, 0.2) is 5.78 Å². The molecule has 1 N–H and O–H groups in total. The molecular weight excluding hydrogens is 372 g/mol. The third-order valence-electron chi connectivity index (χ3n) is 5.52. The van der Waals surface area contributed by atoms with Crippen molar-refractivity contribution in [3.05, 3.63) is 59.2 Å². The number of benzene rings is 2. The molecule has 0 radical (unpaired) electrons. The van der Waals surface area contributed by atoms with E-state index in [9.17, 15) is 24.3 Å². The van der Waals surface area contributed by atoms with Gasteiger partial charge in [-0.25, -0.2) is 0 Å². The molecule has 1 heterocycles. The zero-order valence-electron chi connectivity index (χ0n) is 15.8. The highest BCUT2D eigenvalue weighted by Gasteiger charge is 2.34. The molecule has 2 aromatic rings. The smallest absolute Gasteiger partial charge is 0.252 e. The van der Waals surface area contributed by atoms with Crippen molar-refractivity contribution in [1.29, 1.82) is 0 Å². The molecule has 0 saturated carbocycles. The summed E-state index contributed by atoms with van der Waals surface area (Å²) in [6, 6.07) is 10.1. The lowest BCUT2D eigenvalue weighted by Crippen LogP contribution is -2.53. The molecule has 1 aliphatic carbocycles. The number of carbonyl (C=O) groups is 4. The summed E-state index contributed by atoms with van der Waals surface area (Å²) in [5.41, 5.74) is 2.54. The Morgan fingerprint density at radius 2 is 1.76 bits per heavy atom. The molecule has 29 heavy (non-hydrogen) atoms. The molecule has 1 fully saturated rings. The Balaban J connectivity index is 1.59. The molecular formula is C22H19N2O5-. The number of carboxylic acids is 1. The highest BCUT2D eigenvalue weighted by Crippen LogP contribution is 2.38. The molecule has 7 nitrogen and oxygen atoms in total. The Morgan fingerprint density at radius 1 is 1.07 bits per heavy atom. The topological polar surface area (TPSA) is 107 Å². The van der Waals surface area contributed by atoms with Gasteiger partial charge < -0.3 is 20.1 Å². The quantitative estimate of drug-likeness (QED) is 0.707. The van der Waals surface area contributed by atoms with E-state index in [0.717, 1.165) is 0 Å². The summed E-state index contributed by atoms with van der Waals surface area (Å²) in [4.78, 5) is 50.7. The van der Waals surface area contributed by atoms with E-state index in [2.05, 4.69) is 5.32 Å². The van der Waals surface area contributed by atoms with Gasteiger partial charge >= 0.3 is 0 Å². The van der Waals surface area contributed by atoms with E-state index in [-0.39, 0.29) is 5.78 Å². The van der Waals surface area contributed by atoms with Crippen LogP contribution in [0.2, 0.25) is 0 Å². The Bertz CT molecular complexity index is 1050. The van der Waals surface area contributed by atoms with Gasteiger partial charge in [-0.2, -0.15) is 0 Å². The van der Waals surface area contributed by atoms with Crippen molar-refractivity contribution in [2.24, 2.45) is 0 Å². The van der Waals surface area contributed by atoms with Gasteiger partial charge in [0.25, 0.3) is 5.91 Å². The van der Waals surface area contributed by atoms with Gasteiger partial charge in [0.05, 0.1) is 12.0 Å². The number of hydrogen-bond acceptors (Lipinski definition) is 5. The summed E-state index contributed by atoms with van der Waals surface area (Å²) in [6.07, 6.45) is 0.927. The number of nitrogens with one attached hydrogen (secondary N) is 1. The van der Waals surface area contributed by atoms with Crippen LogP contribution in [0.4, 0.5) is 0 Å². The number of carbonyl (C=O) groups excluding carboxylic acids is 4. The summed E-state index contributed by atoms with van der Waals surface area (Å²) in [7, 11) is 0. The van der Waals surface area contributed by atoms with Crippen LogP contribution in [0.5, 0.6) is 0 Å². The number of aliphatic carboxylic acids is 1. The van der Waals surface area contributed by atoms with Crippen molar-refractivity contribution in [1.82, 2.24) is 10.2 Å². The van der Waals surface area contributed by atoms with E-state index in [1.54, 1.807) is 42.5 Å². The second-order valence-electron chi connectivity index (χ2n) is 7.31. The van der Waals surface area contributed by atoms with Gasteiger partial charge in [-0.1, -0.05) is 36.4 Å². The molecule has 2 aromatic carbocycles. The van der Waals surface area contributed by atoms with Crippen LogP contribution in [-0.4, -0.2) is 47.1 Å². The Morgan fingerprint density at radius 3 is 2.48 bits per heavy atom. The second kappa shape index (κ2) is 7.16.